The summed E-state index contributed by atoms with van der Waals surface area (Å²) in [6.45, 7) is 0. The zero-order chi connectivity index (χ0) is 4.50. The van der Waals surface area contributed by atoms with Crippen LogP contribution in [0.2, 0.25) is 0 Å². The van der Waals surface area contributed by atoms with Crippen molar-refractivity contribution < 1.29 is 61.2 Å². The molecule has 0 saturated heterocycles. The monoisotopic (exact) mass is 233 g/mol. The number of hydrogen-bond acceptors (Lipinski definition) is 4. The van der Waals surface area contributed by atoms with Gasteiger partial charge in [0.2, 0.25) is 0 Å². The molecule has 4 nitrogen and oxygen atoms in total. The molecule has 0 N–H and O–H groups in total. The average Bonchev–Trinajstić information content (AvgIpc) is 0.722. The van der Waals surface area contributed by atoms with Gasteiger partial charge in [-0.05, 0) is 0 Å². The van der Waals surface area contributed by atoms with Crippen molar-refractivity contribution in [1.29, 1.82) is 0 Å². The minimum atomic E-state index is -5.39. The molecule has 0 heterocycles. The Balaban J connectivity index is -0.0000000133. The van der Waals surface area contributed by atoms with E-state index in [1.165, 1.54) is 0 Å². The normalized spacial score (nSPS) is 6.56. The number of rotatable bonds is 0. The predicted octanol–water partition coefficient (Wildman–Crippen LogP) is -9.58. The van der Waals surface area contributed by atoms with Gasteiger partial charge in [-0.15, -0.1) is 0 Å². The van der Waals surface area contributed by atoms with Crippen LogP contribution in [0.25, 0.3) is 0 Å². The summed E-state index contributed by atoms with van der Waals surface area (Å²) >= 11 is 0. The van der Waals surface area contributed by atoms with Crippen molar-refractivity contribution in [2.24, 2.45) is 0 Å². The first-order valence-electron chi connectivity index (χ1n) is 0.730. The molecule has 0 aliphatic heterocycles. The molecular formula is Ca2ClNaO4P+. The minimum absolute atomic E-state index is 0. The molecule has 0 bridgehead atoms. The largest absolute Gasteiger partial charge is 2.00 e. The SMILES string of the molecule is O=P([O-])([O-])[O-].[Ca+2].[Ca+2].[Cl-].[Na+]. The summed E-state index contributed by atoms with van der Waals surface area (Å²) in [5.74, 6) is 0. The second-order valence-corrected chi connectivity index (χ2v) is 1.34. The molecule has 0 amide bonds. The molecule has 0 saturated carbocycles. The Kier molecular flexibility index (Phi) is 47.0. The van der Waals surface area contributed by atoms with Crippen LogP contribution in [0.3, 0.4) is 0 Å². The fourth-order valence-electron chi connectivity index (χ4n) is 0. The zero-order valence-corrected chi connectivity index (χ0v) is 12.9. The van der Waals surface area contributed by atoms with E-state index >= 15 is 0 Å². The van der Waals surface area contributed by atoms with E-state index in [9.17, 15) is 0 Å². The van der Waals surface area contributed by atoms with Gasteiger partial charge in [0.15, 0.2) is 0 Å². The second kappa shape index (κ2) is 14.4. The molecule has 0 spiro atoms. The van der Waals surface area contributed by atoms with Gasteiger partial charge < -0.3 is 31.7 Å². The number of halogens is 1. The van der Waals surface area contributed by atoms with Crippen molar-refractivity contribution in [2.75, 3.05) is 0 Å². The van der Waals surface area contributed by atoms with E-state index in [1.807, 2.05) is 0 Å². The maximum atomic E-state index is 8.55. The van der Waals surface area contributed by atoms with Crippen molar-refractivity contribution >= 4 is 83.3 Å². The summed E-state index contributed by atoms with van der Waals surface area (Å²) in [4.78, 5) is 25.6. The minimum Gasteiger partial charge on any atom is -1.00 e. The van der Waals surface area contributed by atoms with Gasteiger partial charge in [-0.1, -0.05) is 0 Å². The van der Waals surface area contributed by atoms with Crippen LogP contribution < -0.4 is 56.6 Å². The summed E-state index contributed by atoms with van der Waals surface area (Å²) in [6.07, 6.45) is 0. The third-order valence-corrected chi connectivity index (χ3v) is 0. The quantitative estimate of drug-likeness (QED) is 0.307. The molecule has 0 aliphatic carbocycles. The number of hydrogen-bond donors (Lipinski definition) is 0. The first-order chi connectivity index (χ1) is 2.00. The van der Waals surface area contributed by atoms with E-state index in [-0.39, 0.29) is 117 Å². The first kappa shape index (κ1) is 29.3. The maximum absolute atomic E-state index is 8.55. The van der Waals surface area contributed by atoms with Gasteiger partial charge in [-0.2, -0.15) is 7.82 Å². The number of phosphoric acid groups is 1. The molecular weight excluding hydrogens is 234 g/mol. The van der Waals surface area contributed by atoms with Gasteiger partial charge >= 0.3 is 105 Å². The fourth-order valence-corrected chi connectivity index (χ4v) is 0. The summed E-state index contributed by atoms with van der Waals surface area (Å²) in [5.41, 5.74) is 0. The Morgan fingerprint density at radius 2 is 1.00 bits per heavy atom. The van der Waals surface area contributed by atoms with E-state index in [2.05, 4.69) is 0 Å². The Labute approximate surface area is 141 Å². The molecule has 0 unspecified atom stereocenters. The Morgan fingerprint density at radius 3 is 1.00 bits per heavy atom. The Bertz CT molecular complexity index is 64.7. The fraction of sp³-hybridized carbons (Fsp3) is 0. The van der Waals surface area contributed by atoms with Crippen LogP contribution in [0.4, 0.5) is 0 Å². The van der Waals surface area contributed by atoms with Gasteiger partial charge in [0.05, 0.1) is 0 Å². The van der Waals surface area contributed by atoms with Gasteiger partial charge in [0.25, 0.3) is 0 Å². The van der Waals surface area contributed by atoms with Crippen LogP contribution in [0.1, 0.15) is 0 Å². The Morgan fingerprint density at radius 1 is 1.00 bits per heavy atom. The second-order valence-electron chi connectivity index (χ2n) is 0.447. The summed E-state index contributed by atoms with van der Waals surface area (Å²) in [5, 5.41) is 0. The van der Waals surface area contributed by atoms with E-state index in [0.717, 1.165) is 0 Å². The molecule has 9 heavy (non-hydrogen) atoms. The summed E-state index contributed by atoms with van der Waals surface area (Å²) < 4.78 is 8.55. The maximum Gasteiger partial charge on any atom is 2.00 e. The molecule has 0 rings (SSSR count). The average molecular weight is 234 g/mol. The first-order valence-corrected chi connectivity index (χ1v) is 2.19. The molecule has 0 radical (unpaired) electrons. The van der Waals surface area contributed by atoms with Crippen LogP contribution in [0.5, 0.6) is 0 Å². The van der Waals surface area contributed by atoms with Crippen LogP contribution in [0, 0.1) is 0 Å². The van der Waals surface area contributed by atoms with Crippen molar-refractivity contribution in [1.82, 2.24) is 0 Å². The predicted molar refractivity (Wildman–Crippen MR) is 19.1 cm³/mol. The van der Waals surface area contributed by atoms with Gasteiger partial charge in [-0.25, -0.2) is 0 Å². The Hall–Kier alpha value is 3.92. The molecule has 0 fully saturated rings. The van der Waals surface area contributed by atoms with Gasteiger partial charge in [0, 0.05) is 0 Å². The van der Waals surface area contributed by atoms with Gasteiger partial charge in [-0.3, -0.25) is 0 Å². The van der Waals surface area contributed by atoms with Crippen molar-refractivity contribution in [3.05, 3.63) is 0 Å². The van der Waals surface area contributed by atoms with Crippen molar-refractivity contribution in [3.8, 4) is 0 Å². The van der Waals surface area contributed by atoms with Gasteiger partial charge in [0.1, 0.15) is 0 Å². The van der Waals surface area contributed by atoms with Crippen LogP contribution in [-0.2, 0) is 4.57 Å². The van der Waals surface area contributed by atoms with Crippen LogP contribution in [0.15, 0.2) is 0 Å². The van der Waals surface area contributed by atoms with Crippen LogP contribution >= 0.6 is 7.82 Å². The van der Waals surface area contributed by atoms with Crippen molar-refractivity contribution in [3.63, 3.8) is 0 Å². The standard InChI is InChI=1S/2Ca.ClH.Na.H3O4P/c;;;;1-5(2,3)4/h;;1H;;(H3,1,2,3,4)/q2*+2;;+1;/p-4. The molecule has 9 heteroatoms. The molecule has 40 valence electrons. The van der Waals surface area contributed by atoms with Crippen molar-refractivity contribution in [2.45, 2.75) is 0 Å². The molecule has 0 aliphatic rings. The van der Waals surface area contributed by atoms with E-state index in [0.29, 0.717) is 0 Å². The van der Waals surface area contributed by atoms with E-state index < -0.39 is 7.82 Å². The third-order valence-electron chi connectivity index (χ3n) is 0. The van der Waals surface area contributed by atoms with E-state index in [1.54, 1.807) is 0 Å². The smallest absolute Gasteiger partial charge is 1.00 e. The molecule has 0 atom stereocenters. The summed E-state index contributed by atoms with van der Waals surface area (Å²) in [6, 6.07) is 0. The topological polar surface area (TPSA) is 86.2 Å². The third kappa shape index (κ3) is 76.3. The van der Waals surface area contributed by atoms with E-state index in [4.69, 9.17) is 19.2 Å². The summed E-state index contributed by atoms with van der Waals surface area (Å²) in [7, 11) is -5.39. The van der Waals surface area contributed by atoms with Crippen LogP contribution in [-0.4, -0.2) is 75.5 Å². The molecule has 0 aromatic heterocycles. The molecule has 0 aromatic carbocycles. The molecule has 0 aromatic rings. The zero-order valence-electron chi connectivity index (χ0n) is 4.87.